The number of nitrogens with one attached hydrogen (secondary N) is 2. The smallest absolute Gasteiger partial charge is 0.254 e. The first-order chi connectivity index (χ1) is 20.4. The van der Waals surface area contributed by atoms with Gasteiger partial charge < -0.3 is 34.3 Å². The number of dihydropyridines is 1. The number of hydrogen-bond donors (Lipinski definition) is 2. The topological polar surface area (TPSA) is 104 Å². The fourth-order valence-electron chi connectivity index (χ4n) is 6.05. The second-order valence-electron chi connectivity index (χ2n) is 10.4. The second kappa shape index (κ2) is 11.2. The van der Waals surface area contributed by atoms with Gasteiger partial charge >= 0.3 is 0 Å². The normalized spacial score (nSPS) is 19.2. The number of anilines is 1. The molecule has 3 aromatic carbocycles. The molecule has 0 saturated heterocycles. The zero-order valence-corrected chi connectivity index (χ0v) is 23.9. The number of carbonyl (C=O) groups excluding carboxylic acids is 2. The molecule has 3 aromatic rings. The van der Waals surface area contributed by atoms with Crippen molar-refractivity contribution in [2.24, 2.45) is 0 Å². The van der Waals surface area contributed by atoms with Crippen molar-refractivity contribution in [3.8, 4) is 28.7 Å². The van der Waals surface area contributed by atoms with Crippen LogP contribution in [0.4, 0.5) is 5.69 Å². The van der Waals surface area contributed by atoms with Crippen LogP contribution in [-0.2, 0) is 9.59 Å². The van der Waals surface area contributed by atoms with Crippen LogP contribution < -0.4 is 34.3 Å². The Hall–Kier alpha value is -4.92. The average molecular weight is 569 g/mol. The summed E-state index contributed by atoms with van der Waals surface area (Å²) in [6, 6.07) is 18.6. The van der Waals surface area contributed by atoms with Crippen LogP contribution in [0.3, 0.4) is 0 Å². The molecule has 0 fully saturated rings. The van der Waals surface area contributed by atoms with Crippen LogP contribution in [0, 0.1) is 0 Å². The number of benzene rings is 3. The number of allylic oxidation sites excluding steroid dienone is 3. The lowest BCUT2D eigenvalue weighted by molar-refractivity contribution is -0.116. The van der Waals surface area contributed by atoms with Crippen molar-refractivity contribution in [3.63, 3.8) is 0 Å². The third-order valence-corrected chi connectivity index (χ3v) is 8.04. The molecule has 1 aliphatic carbocycles. The van der Waals surface area contributed by atoms with Crippen molar-refractivity contribution in [3.05, 3.63) is 94.3 Å². The molecule has 0 unspecified atom stereocenters. The Morgan fingerprint density at radius 2 is 1.60 bits per heavy atom. The molecule has 3 aliphatic rings. The van der Waals surface area contributed by atoms with Crippen molar-refractivity contribution >= 4 is 17.4 Å². The van der Waals surface area contributed by atoms with Crippen LogP contribution in [-0.4, -0.2) is 39.8 Å². The summed E-state index contributed by atoms with van der Waals surface area (Å²) < 4.78 is 27.6. The van der Waals surface area contributed by atoms with Crippen LogP contribution >= 0.6 is 0 Å². The summed E-state index contributed by atoms with van der Waals surface area (Å²) in [5.74, 6) is 1.97. The van der Waals surface area contributed by atoms with Gasteiger partial charge in [0.25, 0.3) is 5.91 Å². The summed E-state index contributed by atoms with van der Waals surface area (Å²) in [6.45, 7) is 1.99. The van der Waals surface area contributed by atoms with E-state index in [1.807, 2.05) is 55.5 Å². The lowest BCUT2D eigenvalue weighted by Gasteiger charge is -2.37. The molecule has 0 spiro atoms. The monoisotopic (exact) mass is 568 g/mol. The highest BCUT2D eigenvalue weighted by atomic mass is 16.7. The molecule has 9 nitrogen and oxygen atoms in total. The number of methoxy groups -OCH3 is 3. The summed E-state index contributed by atoms with van der Waals surface area (Å²) in [4.78, 5) is 28.0. The van der Waals surface area contributed by atoms with Gasteiger partial charge in [0.2, 0.25) is 6.79 Å². The van der Waals surface area contributed by atoms with Crippen LogP contribution in [0.25, 0.3) is 0 Å². The lowest BCUT2D eigenvalue weighted by Crippen LogP contribution is -2.37. The standard InChI is InChI=1S/C33H32N2O7/c1-18-30(33(37)35-22-7-5-6-8-25(22)38-2)31(20-10-12-27-29(16-20)42-17-41-27)32-23(34-18)13-21(14-24(32)36)19-9-11-26(39-3)28(15-19)40-4/h5-12,15-16,21,31,34H,13-14,17H2,1-4H3,(H,35,37)/t21-,31+/m1/s1. The summed E-state index contributed by atoms with van der Waals surface area (Å²) in [5, 5.41) is 6.44. The molecule has 216 valence electrons. The van der Waals surface area contributed by atoms with Crippen molar-refractivity contribution in [1.29, 1.82) is 0 Å². The van der Waals surface area contributed by atoms with Gasteiger partial charge in [-0.15, -0.1) is 0 Å². The molecular formula is C33H32N2O7. The second-order valence-corrected chi connectivity index (χ2v) is 10.4. The fourth-order valence-corrected chi connectivity index (χ4v) is 6.05. The van der Waals surface area contributed by atoms with E-state index in [-0.39, 0.29) is 30.8 Å². The number of amides is 1. The molecule has 2 atom stereocenters. The Bertz CT molecular complexity index is 1640. The molecule has 0 bridgehead atoms. The lowest BCUT2D eigenvalue weighted by atomic mass is 9.71. The molecule has 0 radical (unpaired) electrons. The van der Waals surface area contributed by atoms with Crippen molar-refractivity contribution < 1.29 is 33.3 Å². The van der Waals surface area contributed by atoms with E-state index in [9.17, 15) is 9.59 Å². The van der Waals surface area contributed by atoms with E-state index in [0.717, 1.165) is 16.8 Å². The minimum atomic E-state index is -0.607. The Morgan fingerprint density at radius 1 is 0.857 bits per heavy atom. The maximum absolute atomic E-state index is 14.1. The van der Waals surface area contributed by atoms with Crippen LogP contribution in [0.2, 0.25) is 0 Å². The highest BCUT2D eigenvalue weighted by Gasteiger charge is 2.41. The van der Waals surface area contributed by atoms with E-state index in [1.165, 1.54) is 0 Å². The maximum Gasteiger partial charge on any atom is 0.254 e. The summed E-state index contributed by atoms with van der Waals surface area (Å²) >= 11 is 0. The molecular weight excluding hydrogens is 536 g/mol. The SMILES string of the molecule is COc1ccccc1NC(=O)C1=C(C)NC2=C(C(=O)C[C@H](c3ccc(OC)c(OC)c3)C2)[C@H]1c1ccc2c(c1)OCO2. The Kier molecular flexibility index (Phi) is 7.24. The number of ether oxygens (including phenoxy) is 5. The van der Waals surface area contributed by atoms with Gasteiger partial charge in [0.1, 0.15) is 5.75 Å². The van der Waals surface area contributed by atoms with Gasteiger partial charge in [0.05, 0.1) is 27.0 Å². The zero-order valence-electron chi connectivity index (χ0n) is 23.9. The largest absolute Gasteiger partial charge is 0.495 e. The quantitative estimate of drug-likeness (QED) is 0.388. The molecule has 0 aromatic heterocycles. The summed E-state index contributed by atoms with van der Waals surface area (Å²) in [5.41, 5.74) is 4.81. The molecule has 0 saturated carbocycles. The highest BCUT2D eigenvalue weighted by molar-refractivity contribution is 6.10. The van der Waals surface area contributed by atoms with Crippen molar-refractivity contribution in [1.82, 2.24) is 5.32 Å². The Labute approximate surface area is 244 Å². The average Bonchev–Trinajstić information content (AvgIpc) is 3.48. The van der Waals surface area contributed by atoms with Crippen LogP contribution in [0.15, 0.2) is 83.2 Å². The van der Waals surface area contributed by atoms with E-state index in [2.05, 4.69) is 10.6 Å². The molecule has 42 heavy (non-hydrogen) atoms. The molecule has 9 heteroatoms. The minimum Gasteiger partial charge on any atom is -0.495 e. The van der Waals surface area contributed by atoms with Crippen LogP contribution in [0.1, 0.15) is 42.7 Å². The minimum absolute atomic E-state index is 0.0266. The van der Waals surface area contributed by atoms with Gasteiger partial charge in [-0.05, 0) is 66.8 Å². The van der Waals surface area contributed by atoms with Gasteiger partial charge in [0.15, 0.2) is 28.8 Å². The molecule has 2 N–H and O–H groups in total. The predicted octanol–water partition coefficient (Wildman–Crippen LogP) is 5.44. The maximum atomic E-state index is 14.1. The number of rotatable bonds is 7. The third kappa shape index (κ3) is 4.81. The number of fused-ring (bicyclic) bond motifs is 1. The Morgan fingerprint density at radius 3 is 2.38 bits per heavy atom. The van der Waals surface area contributed by atoms with E-state index < -0.39 is 5.92 Å². The van der Waals surface area contributed by atoms with Gasteiger partial charge in [-0.3, -0.25) is 9.59 Å². The molecule has 6 rings (SSSR count). The number of ketones is 1. The molecule has 2 heterocycles. The summed E-state index contributed by atoms with van der Waals surface area (Å²) in [7, 11) is 4.75. The van der Waals surface area contributed by atoms with Gasteiger partial charge in [-0.2, -0.15) is 0 Å². The number of hydrogen-bond acceptors (Lipinski definition) is 8. The first kappa shape index (κ1) is 27.3. The molecule has 1 amide bonds. The number of Topliss-reactive ketones (excluding diaryl/α,β-unsaturated/α-hetero) is 1. The number of para-hydroxylation sites is 2. The first-order valence-electron chi connectivity index (χ1n) is 13.7. The predicted molar refractivity (Wildman–Crippen MR) is 156 cm³/mol. The van der Waals surface area contributed by atoms with E-state index in [4.69, 9.17) is 23.7 Å². The summed E-state index contributed by atoms with van der Waals surface area (Å²) in [6.07, 6.45) is 0.883. The van der Waals surface area contributed by atoms with Gasteiger partial charge in [0, 0.05) is 34.9 Å². The number of carbonyl (C=O) groups is 2. The fraction of sp³-hybridized carbons (Fsp3) is 0.273. The highest BCUT2D eigenvalue weighted by Crippen LogP contribution is 2.48. The molecule has 2 aliphatic heterocycles. The van der Waals surface area contributed by atoms with E-state index in [1.54, 1.807) is 33.5 Å². The zero-order chi connectivity index (χ0) is 29.4. The van der Waals surface area contributed by atoms with E-state index in [0.29, 0.717) is 57.7 Å². The first-order valence-corrected chi connectivity index (χ1v) is 13.7. The van der Waals surface area contributed by atoms with Crippen molar-refractivity contribution in [2.75, 3.05) is 33.4 Å². The van der Waals surface area contributed by atoms with E-state index >= 15 is 0 Å². The van der Waals surface area contributed by atoms with Gasteiger partial charge in [-0.1, -0.05) is 24.3 Å². The van der Waals surface area contributed by atoms with Crippen LogP contribution in [0.5, 0.6) is 28.7 Å². The third-order valence-electron chi connectivity index (χ3n) is 8.04. The van der Waals surface area contributed by atoms with Gasteiger partial charge in [-0.25, -0.2) is 0 Å². The Balaban J connectivity index is 1.41. The van der Waals surface area contributed by atoms with Crippen molar-refractivity contribution in [2.45, 2.75) is 31.6 Å².